The number of esters is 1. The number of carbonyl (C=O) groups excluding carboxylic acids is 2. The van der Waals surface area contributed by atoms with Crippen molar-refractivity contribution in [3.05, 3.63) is 68.7 Å². The highest BCUT2D eigenvalue weighted by Gasteiger charge is 2.28. The maximum absolute atomic E-state index is 12.7. The number of ether oxygens (including phenoxy) is 4. The highest BCUT2D eigenvalue weighted by Crippen LogP contribution is 2.39. The lowest BCUT2D eigenvalue weighted by Crippen LogP contribution is -2.44. The molecule has 12 heteroatoms. The SMILES string of the molecule is COC(=O)c1sc(-n2cnc3cc(Br)c(OC4CCN(C(=O)OC(C)(C)C)CC4)cc32)cc1O[C@H](C)c1ccccc1Cl. The normalized spacial score (nSPS) is 14.9. The number of hydrogen-bond acceptors (Lipinski definition) is 8. The standard InChI is InChI=1S/C31H33BrClN3O6S/c1-18(20-8-6-7-9-22(20)33)40-26-16-27(43-28(26)29(37)39-5)36-17-34-23-14-21(32)25(15-24(23)36)41-19-10-12-35(13-11-19)30(38)42-31(2,3)4/h6-9,14-19H,10-13H2,1-5H3/t18-/m1/s1. The summed E-state index contributed by atoms with van der Waals surface area (Å²) in [4.78, 5) is 31.8. The molecule has 1 aliphatic rings. The zero-order valence-corrected chi connectivity index (χ0v) is 27.7. The van der Waals surface area contributed by atoms with E-state index < -0.39 is 17.7 Å². The van der Waals surface area contributed by atoms with Crippen molar-refractivity contribution in [3.8, 4) is 16.5 Å². The van der Waals surface area contributed by atoms with E-state index in [1.54, 1.807) is 23.4 Å². The number of likely N-dealkylation sites (tertiary alicyclic amines) is 1. The lowest BCUT2D eigenvalue weighted by molar-refractivity contribution is 0.0126. The molecule has 4 aromatic rings. The first kappa shape index (κ1) is 31.2. The van der Waals surface area contributed by atoms with Crippen LogP contribution in [0.4, 0.5) is 4.79 Å². The van der Waals surface area contributed by atoms with E-state index in [0.29, 0.717) is 47.3 Å². The van der Waals surface area contributed by atoms with Crippen LogP contribution in [-0.4, -0.2) is 58.4 Å². The average Bonchev–Trinajstić information content (AvgIpc) is 3.56. The predicted octanol–water partition coefficient (Wildman–Crippen LogP) is 8.21. The van der Waals surface area contributed by atoms with Crippen LogP contribution in [0.1, 0.15) is 61.9 Å². The van der Waals surface area contributed by atoms with E-state index in [1.165, 1.54) is 18.4 Å². The summed E-state index contributed by atoms with van der Waals surface area (Å²) in [6, 6.07) is 13.1. The van der Waals surface area contributed by atoms with Crippen molar-refractivity contribution in [1.82, 2.24) is 14.5 Å². The molecule has 1 amide bonds. The van der Waals surface area contributed by atoms with Crippen molar-refractivity contribution in [1.29, 1.82) is 0 Å². The van der Waals surface area contributed by atoms with Gasteiger partial charge in [0, 0.05) is 48.6 Å². The molecule has 0 aliphatic carbocycles. The molecule has 1 fully saturated rings. The number of methoxy groups -OCH3 is 1. The van der Waals surface area contributed by atoms with Gasteiger partial charge in [-0.3, -0.25) is 4.57 Å². The molecular formula is C31H33BrClN3O6S. The summed E-state index contributed by atoms with van der Waals surface area (Å²) in [6.07, 6.45) is 2.29. The van der Waals surface area contributed by atoms with Gasteiger partial charge in [0.2, 0.25) is 0 Å². The van der Waals surface area contributed by atoms with Crippen molar-refractivity contribution < 1.29 is 28.5 Å². The fraction of sp³-hybridized carbons (Fsp3) is 0.387. The minimum Gasteiger partial charge on any atom is -0.489 e. The molecule has 1 atom stereocenters. The first-order valence-corrected chi connectivity index (χ1v) is 15.9. The first-order chi connectivity index (χ1) is 20.4. The van der Waals surface area contributed by atoms with Gasteiger partial charge in [-0.15, -0.1) is 11.3 Å². The summed E-state index contributed by atoms with van der Waals surface area (Å²) in [5.74, 6) is 0.566. The van der Waals surface area contributed by atoms with Gasteiger partial charge in [-0.25, -0.2) is 14.6 Å². The molecule has 1 aliphatic heterocycles. The average molecular weight is 691 g/mol. The number of benzene rings is 2. The maximum Gasteiger partial charge on any atom is 0.410 e. The van der Waals surface area contributed by atoms with Crippen molar-refractivity contribution >= 4 is 62.0 Å². The second-order valence-electron chi connectivity index (χ2n) is 11.2. The number of fused-ring (bicyclic) bond motifs is 1. The Morgan fingerprint density at radius 3 is 2.51 bits per heavy atom. The van der Waals surface area contributed by atoms with Crippen molar-refractivity contribution in [3.63, 3.8) is 0 Å². The number of halogens is 2. The van der Waals surface area contributed by atoms with Gasteiger partial charge in [0.15, 0.2) is 4.88 Å². The molecule has 0 saturated carbocycles. The monoisotopic (exact) mass is 689 g/mol. The lowest BCUT2D eigenvalue weighted by Gasteiger charge is -2.33. The van der Waals surface area contributed by atoms with Crippen LogP contribution in [0.25, 0.3) is 16.0 Å². The Bertz CT molecular complexity index is 1640. The number of imidazole rings is 1. The Balaban J connectivity index is 1.37. The number of piperidine rings is 1. The quantitative estimate of drug-likeness (QED) is 0.181. The molecule has 9 nitrogen and oxygen atoms in total. The lowest BCUT2D eigenvalue weighted by atomic mass is 10.1. The van der Waals surface area contributed by atoms with Crippen LogP contribution in [-0.2, 0) is 9.47 Å². The summed E-state index contributed by atoms with van der Waals surface area (Å²) in [5.41, 5.74) is 1.82. The van der Waals surface area contributed by atoms with Crippen molar-refractivity contribution in [2.75, 3.05) is 20.2 Å². The third kappa shape index (κ3) is 7.11. The van der Waals surface area contributed by atoms with Crippen LogP contribution in [0, 0.1) is 0 Å². The Morgan fingerprint density at radius 2 is 1.84 bits per heavy atom. The molecule has 0 spiro atoms. The first-order valence-electron chi connectivity index (χ1n) is 13.9. The van der Waals surface area contributed by atoms with Crippen LogP contribution in [0.2, 0.25) is 5.02 Å². The number of nitrogens with zero attached hydrogens (tertiary/aromatic N) is 3. The summed E-state index contributed by atoms with van der Waals surface area (Å²) in [6.45, 7) is 8.57. The zero-order chi connectivity index (χ0) is 30.9. The van der Waals surface area contributed by atoms with Gasteiger partial charge in [-0.2, -0.15) is 0 Å². The van der Waals surface area contributed by atoms with Crippen LogP contribution in [0.15, 0.2) is 53.3 Å². The van der Waals surface area contributed by atoms with E-state index in [2.05, 4.69) is 20.9 Å². The number of rotatable bonds is 7. The number of carbonyl (C=O) groups is 2. The van der Waals surface area contributed by atoms with Crippen LogP contribution >= 0.6 is 38.9 Å². The molecule has 0 unspecified atom stereocenters. The van der Waals surface area contributed by atoms with Gasteiger partial charge < -0.3 is 23.8 Å². The van der Waals surface area contributed by atoms with Crippen LogP contribution in [0.3, 0.4) is 0 Å². The number of aromatic nitrogens is 2. The maximum atomic E-state index is 12.7. The molecule has 0 radical (unpaired) electrons. The van der Waals surface area contributed by atoms with E-state index >= 15 is 0 Å². The Kier molecular flexibility index (Phi) is 9.24. The number of thiophene rings is 1. The van der Waals surface area contributed by atoms with Gasteiger partial charge in [-0.1, -0.05) is 29.8 Å². The second kappa shape index (κ2) is 12.8. The van der Waals surface area contributed by atoms with E-state index in [0.717, 1.165) is 26.1 Å². The van der Waals surface area contributed by atoms with Crippen LogP contribution < -0.4 is 9.47 Å². The molecule has 2 aromatic carbocycles. The van der Waals surface area contributed by atoms with E-state index in [1.807, 2.05) is 62.6 Å². The largest absolute Gasteiger partial charge is 0.489 e. The molecule has 3 heterocycles. The number of hydrogen-bond donors (Lipinski definition) is 0. The highest BCUT2D eigenvalue weighted by atomic mass is 79.9. The Morgan fingerprint density at radius 1 is 1.12 bits per heavy atom. The highest BCUT2D eigenvalue weighted by molar-refractivity contribution is 9.10. The molecule has 0 bridgehead atoms. The van der Waals surface area contributed by atoms with E-state index in [9.17, 15) is 9.59 Å². The molecule has 2 aromatic heterocycles. The van der Waals surface area contributed by atoms with Crippen molar-refractivity contribution in [2.24, 2.45) is 0 Å². The summed E-state index contributed by atoms with van der Waals surface area (Å²) >= 11 is 11.3. The molecule has 5 rings (SSSR count). The smallest absolute Gasteiger partial charge is 0.410 e. The minimum absolute atomic E-state index is 0.0669. The number of amides is 1. The predicted molar refractivity (Wildman–Crippen MR) is 170 cm³/mol. The Labute approximate surface area is 267 Å². The molecule has 0 N–H and O–H groups in total. The van der Waals surface area contributed by atoms with Gasteiger partial charge in [0.1, 0.15) is 40.6 Å². The second-order valence-corrected chi connectivity index (χ2v) is 13.5. The molecule has 43 heavy (non-hydrogen) atoms. The topological polar surface area (TPSA) is 92.1 Å². The van der Waals surface area contributed by atoms with E-state index in [-0.39, 0.29) is 12.2 Å². The van der Waals surface area contributed by atoms with Crippen molar-refractivity contribution in [2.45, 2.75) is 58.3 Å². The molecule has 228 valence electrons. The Hall–Kier alpha value is -3.28. The summed E-state index contributed by atoms with van der Waals surface area (Å²) < 4.78 is 25.9. The van der Waals surface area contributed by atoms with Crippen LogP contribution in [0.5, 0.6) is 11.5 Å². The zero-order valence-electron chi connectivity index (χ0n) is 24.6. The third-order valence-electron chi connectivity index (χ3n) is 6.93. The van der Waals surface area contributed by atoms with Gasteiger partial charge >= 0.3 is 12.1 Å². The molecular weight excluding hydrogens is 658 g/mol. The third-order valence-corrected chi connectivity index (χ3v) is 8.99. The minimum atomic E-state index is -0.533. The summed E-state index contributed by atoms with van der Waals surface area (Å²) in [7, 11) is 1.34. The van der Waals surface area contributed by atoms with Gasteiger partial charge in [0.05, 0.1) is 22.6 Å². The fourth-order valence-electron chi connectivity index (χ4n) is 4.80. The molecule has 1 saturated heterocycles. The van der Waals surface area contributed by atoms with E-state index in [4.69, 9.17) is 30.5 Å². The van der Waals surface area contributed by atoms with Gasteiger partial charge in [-0.05, 0) is 55.8 Å². The summed E-state index contributed by atoms with van der Waals surface area (Å²) in [5, 5.41) is 1.31. The van der Waals surface area contributed by atoms with Gasteiger partial charge in [0.25, 0.3) is 0 Å². The fourth-order valence-corrected chi connectivity index (χ4v) is 6.51.